The van der Waals surface area contributed by atoms with Gasteiger partial charge in [-0.25, -0.2) is 4.79 Å². The highest BCUT2D eigenvalue weighted by Crippen LogP contribution is 2.25. The lowest BCUT2D eigenvalue weighted by atomic mass is 9.90. The number of hydrogen-bond donors (Lipinski definition) is 2. The molecule has 3 rings (SSSR count). The zero-order valence-electron chi connectivity index (χ0n) is 15.8. The normalized spacial score (nSPS) is 10.3. The van der Waals surface area contributed by atoms with E-state index in [0.717, 1.165) is 11.1 Å². The molecule has 5 nitrogen and oxygen atoms in total. The zero-order valence-corrected chi connectivity index (χ0v) is 16.6. The minimum Gasteiger partial charge on any atom is -0.465 e. The zero-order chi connectivity index (χ0) is 20.6. The number of ether oxygens (including phenoxy) is 1. The highest BCUT2D eigenvalue weighted by Gasteiger charge is 2.23. The summed E-state index contributed by atoms with van der Waals surface area (Å²) in [5.74, 6) is -1.28. The van der Waals surface area contributed by atoms with Gasteiger partial charge in [0.15, 0.2) is 5.11 Å². The van der Waals surface area contributed by atoms with Gasteiger partial charge < -0.3 is 15.4 Å². The number of methoxy groups -OCH3 is 1. The van der Waals surface area contributed by atoms with Crippen LogP contribution in [0.1, 0.15) is 27.4 Å². The third-order valence-corrected chi connectivity index (χ3v) is 4.55. The van der Waals surface area contributed by atoms with Gasteiger partial charge in [0.25, 0.3) is 0 Å². The number of amides is 1. The smallest absolute Gasteiger partial charge is 0.339 e. The molecule has 2 N–H and O–H groups in total. The molecule has 0 saturated carbocycles. The van der Waals surface area contributed by atoms with Crippen molar-refractivity contribution in [2.75, 3.05) is 12.4 Å². The lowest BCUT2D eigenvalue weighted by Crippen LogP contribution is -2.38. The first-order valence-electron chi connectivity index (χ1n) is 8.99. The highest BCUT2D eigenvalue weighted by molar-refractivity contribution is 7.80. The van der Waals surface area contributed by atoms with Gasteiger partial charge in [-0.05, 0) is 35.5 Å². The van der Waals surface area contributed by atoms with Gasteiger partial charge in [0.2, 0.25) is 5.91 Å². The van der Waals surface area contributed by atoms with Gasteiger partial charge in [0, 0.05) is 0 Å². The summed E-state index contributed by atoms with van der Waals surface area (Å²) in [6.07, 6.45) is 0. The van der Waals surface area contributed by atoms with E-state index in [4.69, 9.17) is 17.0 Å². The summed E-state index contributed by atoms with van der Waals surface area (Å²) < 4.78 is 4.78. The molecule has 0 heterocycles. The molecule has 146 valence electrons. The maximum absolute atomic E-state index is 13.1. The molecule has 0 unspecified atom stereocenters. The van der Waals surface area contributed by atoms with Crippen LogP contribution in [-0.4, -0.2) is 24.1 Å². The number of rotatable bonds is 5. The number of thiocarbonyl (C=S) groups is 1. The van der Waals surface area contributed by atoms with Crippen LogP contribution in [0.5, 0.6) is 0 Å². The third-order valence-electron chi connectivity index (χ3n) is 4.35. The average molecular weight is 404 g/mol. The topological polar surface area (TPSA) is 67.4 Å². The summed E-state index contributed by atoms with van der Waals surface area (Å²) in [5.41, 5.74) is 2.50. The molecule has 0 aliphatic carbocycles. The molecule has 3 aromatic rings. The molecule has 0 aliphatic heterocycles. The van der Waals surface area contributed by atoms with Crippen LogP contribution in [0.15, 0.2) is 84.9 Å². The molecule has 0 atom stereocenters. The standard InChI is InChI=1S/C23H20N2O3S/c1-28-22(27)18-14-8-9-15-19(18)24-23(29)25-21(26)20(16-10-4-2-5-11-16)17-12-6-3-7-13-17/h2-15,20H,1H3,(H2,24,25,26,29). The van der Waals surface area contributed by atoms with Crippen molar-refractivity contribution in [1.82, 2.24) is 5.32 Å². The minimum atomic E-state index is -0.520. The van der Waals surface area contributed by atoms with E-state index >= 15 is 0 Å². The van der Waals surface area contributed by atoms with Crippen molar-refractivity contribution in [1.29, 1.82) is 0 Å². The SMILES string of the molecule is COC(=O)c1ccccc1NC(=S)NC(=O)C(c1ccccc1)c1ccccc1. The molecular formula is C23H20N2O3S. The summed E-state index contributed by atoms with van der Waals surface area (Å²) in [7, 11) is 1.31. The Labute approximate surface area is 174 Å². The fraction of sp³-hybridized carbons (Fsp3) is 0.0870. The predicted molar refractivity (Wildman–Crippen MR) is 117 cm³/mol. The largest absolute Gasteiger partial charge is 0.465 e. The lowest BCUT2D eigenvalue weighted by molar-refractivity contribution is -0.120. The summed E-state index contributed by atoms with van der Waals surface area (Å²) in [6.45, 7) is 0. The van der Waals surface area contributed by atoms with Crippen molar-refractivity contribution in [3.05, 3.63) is 102 Å². The molecule has 0 fully saturated rings. The van der Waals surface area contributed by atoms with Gasteiger partial charge in [-0.15, -0.1) is 0 Å². The first-order valence-corrected chi connectivity index (χ1v) is 9.40. The highest BCUT2D eigenvalue weighted by atomic mass is 32.1. The van der Waals surface area contributed by atoms with Crippen LogP contribution < -0.4 is 10.6 Å². The quantitative estimate of drug-likeness (QED) is 0.495. The molecule has 3 aromatic carbocycles. The number of carbonyl (C=O) groups excluding carboxylic acids is 2. The average Bonchev–Trinajstić information content (AvgIpc) is 2.75. The first kappa shape index (κ1) is 20.2. The van der Waals surface area contributed by atoms with Crippen LogP contribution in [0.3, 0.4) is 0 Å². The van der Waals surface area contributed by atoms with Gasteiger partial charge in [-0.3, -0.25) is 4.79 Å². The summed E-state index contributed by atoms with van der Waals surface area (Å²) in [5, 5.41) is 5.75. The van der Waals surface area contributed by atoms with E-state index in [9.17, 15) is 9.59 Å². The van der Waals surface area contributed by atoms with Crippen molar-refractivity contribution in [2.24, 2.45) is 0 Å². The van der Waals surface area contributed by atoms with E-state index in [1.807, 2.05) is 60.7 Å². The first-order chi connectivity index (χ1) is 14.1. The number of benzene rings is 3. The Morgan fingerprint density at radius 2 is 1.34 bits per heavy atom. The number of carbonyl (C=O) groups is 2. The van der Waals surface area contributed by atoms with Crippen molar-refractivity contribution < 1.29 is 14.3 Å². The Kier molecular flexibility index (Phi) is 6.71. The van der Waals surface area contributed by atoms with Gasteiger partial charge in [-0.2, -0.15) is 0 Å². The summed E-state index contributed by atoms with van der Waals surface area (Å²) in [4.78, 5) is 25.0. The van der Waals surface area contributed by atoms with Crippen LogP contribution in [0.4, 0.5) is 5.69 Å². The number of hydrogen-bond acceptors (Lipinski definition) is 4. The molecular weight excluding hydrogens is 384 g/mol. The Balaban J connectivity index is 1.80. The van der Waals surface area contributed by atoms with E-state index in [2.05, 4.69) is 10.6 Å². The summed E-state index contributed by atoms with van der Waals surface area (Å²) in [6, 6.07) is 25.8. The number of anilines is 1. The molecule has 0 radical (unpaired) electrons. The van der Waals surface area contributed by atoms with Crippen molar-refractivity contribution >= 4 is 34.9 Å². The van der Waals surface area contributed by atoms with E-state index < -0.39 is 11.9 Å². The van der Waals surface area contributed by atoms with Gasteiger partial charge >= 0.3 is 5.97 Å². The van der Waals surface area contributed by atoms with Crippen molar-refractivity contribution in [3.63, 3.8) is 0 Å². The maximum Gasteiger partial charge on any atom is 0.339 e. The second kappa shape index (κ2) is 9.61. The Morgan fingerprint density at radius 3 is 1.90 bits per heavy atom. The number of para-hydroxylation sites is 1. The predicted octanol–water partition coefficient (Wildman–Crippen LogP) is 4.12. The second-order valence-corrected chi connectivity index (χ2v) is 6.64. The summed E-state index contributed by atoms with van der Waals surface area (Å²) >= 11 is 5.32. The molecule has 0 spiro atoms. The number of nitrogens with one attached hydrogen (secondary N) is 2. The van der Waals surface area contributed by atoms with E-state index in [1.165, 1.54) is 7.11 Å². The van der Waals surface area contributed by atoms with E-state index in [0.29, 0.717) is 11.3 Å². The molecule has 29 heavy (non-hydrogen) atoms. The number of esters is 1. The van der Waals surface area contributed by atoms with E-state index in [1.54, 1.807) is 24.3 Å². The Bertz CT molecular complexity index is 967. The van der Waals surface area contributed by atoms with Crippen LogP contribution in [-0.2, 0) is 9.53 Å². The van der Waals surface area contributed by atoms with Crippen LogP contribution in [0.25, 0.3) is 0 Å². The van der Waals surface area contributed by atoms with Gasteiger partial charge in [0.05, 0.1) is 24.3 Å². The van der Waals surface area contributed by atoms with Crippen LogP contribution in [0.2, 0.25) is 0 Å². The molecule has 0 aliphatic rings. The van der Waals surface area contributed by atoms with Crippen molar-refractivity contribution in [3.8, 4) is 0 Å². The Morgan fingerprint density at radius 1 is 0.828 bits per heavy atom. The minimum absolute atomic E-state index is 0.100. The van der Waals surface area contributed by atoms with Gasteiger partial charge in [-0.1, -0.05) is 72.8 Å². The van der Waals surface area contributed by atoms with E-state index in [-0.39, 0.29) is 11.0 Å². The molecule has 0 bridgehead atoms. The second-order valence-electron chi connectivity index (χ2n) is 6.23. The maximum atomic E-state index is 13.1. The third kappa shape index (κ3) is 5.06. The van der Waals surface area contributed by atoms with Crippen LogP contribution in [0, 0.1) is 0 Å². The lowest BCUT2D eigenvalue weighted by Gasteiger charge is -2.19. The van der Waals surface area contributed by atoms with Gasteiger partial charge in [0.1, 0.15) is 0 Å². The monoisotopic (exact) mass is 404 g/mol. The molecule has 1 amide bonds. The molecule has 6 heteroatoms. The van der Waals surface area contributed by atoms with Crippen LogP contribution >= 0.6 is 12.2 Å². The fourth-order valence-electron chi connectivity index (χ4n) is 3.00. The van der Waals surface area contributed by atoms with Crippen molar-refractivity contribution in [2.45, 2.75) is 5.92 Å². The molecule has 0 saturated heterocycles. The molecule has 0 aromatic heterocycles. The Hall–Kier alpha value is -3.51. The fourth-order valence-corrected chi connectivity index (χ4v) is 3.21.